The molecule has 4 nitrogen and oxygen atoms in total. The summed E-state index contributed by atoms with van der Waals surface area (Å²) in [5.74, 6) is 0. The lowest BCUT2D eigenvalue weighted by atomic mass is 10.1. The fourth-order valence-electron chi connectivity index (χ4n) is 1.49. The number of alkyl carbamates (subject to hydrolysis) is 1. The molecule has 1 rings (SSSR count). The maximum absolute atomic E-state index is 11.3. The largest absolute Gasteiger partial charge is 0.445 e. The van der Waals surface area contributed by atoms with Gasteiger partial charge in [-0.05, 0) is 37.9 Å². The number of rotatable bonds is 5. The molecule has 17 heavy (non-hydrogen) atoms. The van der Waals surface area contributed by atoms with E-state index in [1.54, 1.807) is 0 Å². The molecule has 1 aromatic rings. The van der Waals surface area contributed by atoms with Crippen molar-refractivity contribution in [1.29, 1.82) is 0 Å². The minimum atomic E-state index is -0.390. The van der Waals surface area contributed by atoms with Crippen molar-refractivity contribution in [1.82, 2.24) is 5.32 Å². The van der Waals surface area contributed by atoms with E-state index in [0.29, 0.717) is 19.7 Å². The third-order valence-electron chi connectivity index (χ3n) is 2.51. The van der Waals surface area contributed by atoms with Gasteiger partial charge in [-0.15, -0.1) is 0 Å². The Kier molecular flexibility index (Phi) is 5.49. The summed E-state index contributed by atoms with van der Waals surface area (Å²) in [5, 5.41) is 2.64. The van der Waals surface area contributed by atoms with Crippen LogP contribution in [0.5, 0.6) is 0 Å². The minimum Gasteiger partial charge on any atom is -0.445 e. The smallest absolute Gasteiger partial charge is 0.407 e. The number of nitrogens with one attached hydrogen (secondary N) is 1. The fourth-order valence-corrected chi connectivity index (χ4v) is 1.49. The molecule has 0 saturated heterocycles. The third-order valence-corrected chi connectivity index (χ3v) is 2.51. The second-order valence-electron chi connectivity index (χ2n) is 4.08. The van der Waals surface area contributed by atoms with Crippen molar-refractivity contribution in [3.8, 4) is 0 Å². The van der Waals surface area contributed by atoms with Crippen molar-refractivity contribution in [3.63, 3.8) is 0 Å². The van der Waals surface area contributed by atoms with Crippen LogP contribution in [0, 0.1) is 13.8 Å². The second kappa shape index (κ2) is 6.91. The first kappa shape index (κ1) is 13.5. The third kappa shape index (κ3) is 4.87. The molecule has 0 spiro atoms. The van der Waals surface area contributed by atoms with Crippen LogP contribution in [0.1, 0.15) is 23.1 Å². The van der Waals surface area contributed by atoms with Crippen LogP contribution in [0.25, 0.3) is 0 Å². The summed E-state index contributed by atoms with van der Waals surface area (Å²) >= 11 is 0. The molecule has 0 unspecified atom stereocenters. The Morgan fingerprint density at radius 1 is 1.41 bits per heavy atom. The normalized spacial score (nSPS) is 10.1. The summed E-state index contributed by atoms with van der Waals surface area (Å²) in [5.41, 5.74) is 8.70. The van der Waals surface area contributed by atoms with E-state index in [1.807, 2.05) is 26.0 Å². The van der Waals surface area contributed by atoms with Gasteiger partial charge in [0.1, 0.15) is 6.61 Å². The van der Waals surface area contributed by atoms with Crippen LogP contribution in [0.2, 0.25) is 0 Å². The highest BCUT2D eigenvalue weighted by molar-refractivity contribution is 5.67. The van der Waals surface area contributed by atoms with Crippen LogP contribution in [0.15, 0.2) is 18.2 Å². The number of ether oxygens (including phenoxy) is 1. The number of amides is 1. The molecule has 0 atom stereocenters. The lowest BCUT2D eigenvalue weighted by Gasteiger charge is -2.09. The number of nitrogens with two attached hydrogens (primary N) is 1. The SMILES string of the molecule is Cc1ccc(COC(=O)NCCCN)c(C)c1. The van der Waals surface area contributed by atoms with Gasteiger partial charge in [-0.3, -0.25) is 0 Å². The Hall–Kier alpha value is -1.55. The summed E-state index contributed by atoms with van der Waals surface area (Å²) in [6.07, 6.45) is 0.372. The van der Waals surface area contributed by atoms with E-state index in [-0.39, 0.29) is 0 Å². The highest BCUT2D eigenvalue weighted by atomic mass is 16.5. The predicted octanol–water partition coefficient (Wildman–Crippen LogP) is 1.88. The Morgan fingerprint density at radius 3 is 2.82 bits per heavy atom. The van der Waals surface area contributed by atoms with Crippen molar-refractivity contribution >= 4 is 6.09 Å². The van der Waals surface area contributed by atoms with E-state index >= 15 is 0 Å². The molecular formula is C13H20N2O2. The molecule has 0 fully saturated rings. The van der Waals surface area contributed by atoms with E-state index in [2.05, 4.69) is 11.4 Å². The topological polar surface area (TPSA) is 64.3 Å². The lowest BCUT2D eigenvalue weighted by Crippen LogP contribution is -2.26. The van der Waals surface area contributed by atoms with Crippen LogP contribution in [-0.4, -0.2) is 19.2 Å². The summed E-state index contributed by atoms with van der Waals surface area (Å²) in [6.45, 7) is 5.48. The molecular weight excluding hydrogens is 216 g/mol. The van der Waals surface area contributed by atoms with E-state index in [9.17, 15) is 4.79 Å². The predicted molar refractivity (Wildman–Crippen MR) is 67.8 cm³/mol. The molecule has 0 bridgehead atoms. The van der Waals surface area contributed by atoms with Crippen molar-refractivity contribution in [2.75, 3.05) is 13.1 Å². The first-order valence-corrected chi connectivity index (χ1v) is 5.80. The van der Waals surface area contributed by atoms with Gasteiger partial charge in [-0.2, -0.15) is 0 Å². The lowest BCUT2D eigenvalue weighted by molar-refractivity contribution is 0.139. The molecule has 94 valence electrons. The Morgan fingerprint density at radius 2 is 2.18 bits per heavy atom. The quantitative estimate of drug-likeness (QED) is 0.767. The first-order chi connectivity index (χ1) is 8.13. The van der Waals surface area contributed by atoms with Gasteiger partial charge in [-0.25, -0.2) is 4.79 Å². The second-order valence-corrected chi connectivity index (χ2v) is 4.08. The first-order valence-electron chi connectivity index (χ1n) is 5.80. The molecule has 0 aromatic heterocycles. The Bertz CT molecular complexity index is 378. The van der Waals surface area contributed by atoms with E-state index in [4.69, 9.17) is 10.5 Å². The zero-order chi connectivity index (χ0) is 12.7. The van der Waals surface area contributed by atoms with Gasteiger partial charge < -0.3 is 15.8 Å². The zero-order valence-electron chi connectivity index (χ0n) is 10.5. The summed E-state index contributed by atoms with van der Waals surface area (Å²) < 4.78 is 5.10. The Balaban J connectivity index is 2.37. The molecule has 3 N–H and O–H groups in total. The highest BCUT2D eigenvalue weighted by Gasteiger charge is 2.03. The zero-order valence-corrected chi connectivity index (χ0v) is 10.5. The molecule has 1 amide bonds. The molecule has 0 aliphatic rings. The molecule has 4 heteroatoms. The van der Waals surface area contributed by atoms with Gasteiger partial charge in [0.05, 0.1) is 0 Å². The number of carbonyl (C=O) groups excluding carboxylic acids is 1. The summed E-state index contributed by atoms with van der Waals surface area (Å²) in [6, 6.07) is 6.07. The van der Waals surface area contributed by atoms with Gasteiger partial charge in [0.15, 0.2) is 0 Å². The molecule has 1 aromatic carbocycles. The number of aryl methyl sites for hydroxylation is 2. The van der Waals surface area contributed by atoms with Gasteiger partial charge >= 0.3 is 6.09 Å². The van der Waals surface area contributed by atoms with Crippen LogP contribution in [-0.2, 0) is 11.3 Å². The van der Waals surface area contributed by atoms with Crippen molar-refractivity contribution in [2.45, 2.75) is 26.9 Å². The van der Waals surface area contributed by atoms with Gasteiger partial charge in [0.25, 0.3) is 0 Å². The summed E-state index contributed by atoms with van der Waals surface area (Å²) in [7, 11) is 0. The molecule has 0 heterocycles. The molecule has 0 radical (unpaired) electrons. The van der Waals surface area contributed by atoms with Gasteiger partial charge in [0, 0.05) is 6.54 Å². The molecule has 0 aliphatic heterocycles. The van der Waals surface area contributed by atoms with Crippen LogP contribution in [0.4, 0.5) is 4.79 Å². The number of carbonyl (C=O) groups is 1. The van der Waals surface area contributed by atoms with E-state index < -0.39 is 6.09 Å². The maximum atomic E-state index is 11.3. The number of hydrogen-bond acceptors (Lipinski definition) is 3. The van der Waals surface area contributed by atoms with E-state index in [0.717, 1.165) is 17.5 Å². The monoisotopic (exact) mass is 236 g/mol. The van der Waals surface area contributed by atoms with Crippen LogP contribution >= 0.6 is 0 Å². The van der Waals surface area contributed by atoms with Crippen molar-refractivity contribution in [3.05, 3.63) is 34.9 Å². The summed E-state index contributed by atoms with van der Waals surface area (Å²) in [4.78, 5) is 11.3. The van der Waals surface area contributed by atoms with Crippen molar-refractivity contribution in [2.24, 2.45) is 5.73 Å². The minimum absolute atomic E-state index is 0.306. The molecule has 0 saturated carbocycles. The average molecular weight is 236 g/mol. The number of hydrogen-bond donors (Lipinski definition) is 2. The van der Waals surface area contributed by atoms with Crippen molar-refractivity contribution < 1.29 is 9.53 Å². The van der Waals surface area contributed by atoms with Crippen LogP contribution < -0.4 is 11.1 Å². The maximum Gasteiger partial charge on any atom is 0.407 e. The average Bonchev–Trinajstić information content (AvgIpc) is 2.28. The Labute approximate surface area is 102 Å². The van der Waals surface area contributed by atoms with Gasteiger partial charge in [-0.1, -0.05) is 23.8 Å². The van der Waals surface area contributed by atoms with Crippen LogP contribution in [0.3, 0.4) is 0 Å². The molecule has 0 aliphatic carbocycles. The number of benzene rings is 1. The fraction of sp³-hybridized carbons (Fsp3) is 0.462. The van der Waals surface area contributed by atoms with Gasteiger partial charge in [0.2, 0.25) is 0 Å². The highest BCUT2D eigenvalue weighted by Crippen LogP contribution is 2.11. The standard InChI is InChI=1S/C13H20N2O2/c1-10-4-5-12(11(2)8-10)9-17-13(16)15-7-3-6-14/h4-5,8H,3,6-7,9,14H2,1-2H3,(H,15,16). The van der Waals surface area contributed by atoms with E-state index in [1.165, 1.54) is 5.56 Å².